The van der Waals surface area contributed by atoms with Gasteiger partial charge < -0.3 is 5.11 Å². The molecule has 1 aliphatic rings. The highest BCUT2D eigenvalue weighted by Crippen LogP contribution is 2.34. The first kappa shape index (κ1) is 12.8. The molecule has 0 spiro atoms. The molecule has 1 unspecified atom stereocenters. The summed E-state index contributed by atoms with van der Waals surface area (Å²) in [5, 5.41) is 10.3. The van der Waals surface area contributed by atoms with Crippen molar-refractivity contribution in [2.45, 2.75) is 38.2 Å². The maximum absolute atomic E-state index is 10.3. The maximum atomic E-state index is 10.3. The van der Waals surface area contributed by atoms with Crippen molar-refractivity contribution in [1.82, 2.24) is 0 Å². The summed E-state index contributed by atoms with van der Waals surface area (Å²) >= 11 is 5.76. The van der Waals surface area contributed by atoms with Crippen molar-refractivity contribution in [1.29, 1.82) is 0 Å². The van der Waals surface area contributed by atoms with Gasteiger partial charge in [-0.3, -0.25) is 0 Å². The fourth-order valence-electron chi connectivity index (χ4n) is 2.46. The fourth-order valence-corrected chi connectivity index (χ4v) is 3.53. The van der Waals surface area contributed by atoms with E-state index in [0.717, 1.165) is 25.9 Å². The minimum absolute atomic E-state index is 0.299. The van der Waals surface area contributed by atoms with Crippen molar-refractivity contribution in [3.05, 3.63) is 31.8 Å². The van der Waals surface area contributed by atoms with Gasteiger partial charge in [0.15, 0.2) is 0 Å². The highest BCUT2D eigenvalue weighted by atomic mass is 127. The molecule has 0 saturated heterocycles. The topological polar surface area (TPSA) is 20.2 Å². The van der Waals surface area contributed by atoms with E-state index in [1.807, 2.05) is 12.1 Å². The van der Waals surface area contributed by atoms with Gasteiger partial charge in [-0.15, -0.1) is 0 Å². The summed E-state index contributed by atoms with van der Waals surface area (Å²) < 4.78 is 2.21. The fraction of sp³-hybridized carbons (Fsp3) is 0.538. The Kier molecular flexibility index (Phi) is 4.67. The number of aliphatic hydroxyl groups is 1. The maximum Gasteiger partial charge on any atom is 0.0803 e. The van der Waals surface area contributed by atoms with Gasteiger partial charge in [-0.25, -0.2) is 0 Å². The predicted molar refractivity (Wildman–Crippen MR) is 78.4 cm³/mol. The second-order valence-electron chi connectivity index (χ2n) is 4.57. The summed E-state index contributed by atoms with van der Waals surface area (Å²) in [5.74, 6) is 0.727. The summed E-state index contributed by atoms with van der Waals surface area (Å²) in [6.07, 6.45) is 5.89. The molecule has 16 heavy (non-hydrogen) atoms. The van der Waals surface area contributed by atoms with Crippen LogP contribution in [0.15, 0.2) is 22.7 Å². The Hall–Kier alpha value is 0.390. The molecule has 0 radical (unpaired) electrons. The zero-order valence-corrected chi connectivity index (χ0v) is 12.9. The predicted octanol–water partition coefficient (Wildman–Crippen LogP) is 4.67. The number of hydrogen-bond acceptors (Lipinski definition) is 1. The van der Waals surface area contributed by atoms with Crippen molar-refractivity contribution in [2.24, 2.45) is 5.92 Å². The van der Waals surface area contributed by atoms with E-state index in [9.17, 15) is 5.11 Å². The van der Waals surface area contributed by atoms with E-state index in [4.69, 9.17) is 0 Å². The minimum atomic E-state index is -0.299. The summed E-state index contributed by atoms with van der Waals surface area (Å²) in [5.41, 5.74) is 1.07. The molecule has 1 nitrogen and oxygen atoms in total. The first-order valence-electron chi connectivity index (χ1n) is 5.80. The van der Waals surface area contributed by atoms with Gasteiger partial charge >= 0.3 is 0 Å². The van der Waals surface area contributed by atoms with Gasteiger partial charge in [0.1, 0.15) is 0 Å². The molecule has 0 aromatic heterocycles. The summed E-state index contributed by atoms with van der Waals surface area (Å²) in [6.45, 7) is 0. The van der Waals surface area contributed by atoms with Crippen LogP contribution < -0.4 is 0 Å². The Labute approximate surface area is 119 Å². The van der Waals surface area contributed by atoms with Crippen LogP contribution in [0.4, 0.5) is 0 Å². The van der Waals surface area contributed by atoms with E-state index < -0.39 is 0 Å². The Morgan fingerprint density at radius 1 is 1.38 bits per heavy atom. The average molecular weight is 395 g/mol. The second-order valence-corrected chi connectivity index (χ2v) is 6.65. The van der Waals surface area contributed by atoms with Crippen LogP contribution in [0.1, 0.15) is 43.8 Å². The van der Waals surface area contributed by atoms with E-state index in [1.54, 1.807) is 0 Å². The van der Waals surface area contributed by atoms with Gasteiger partial charge in [-0.05, 0) is 58.7 Å². The van der Waals surface area contributed by atoms with Crippen molar-refractivity contribution in [3.63, 3.8) is 0 Å². The van der Waals surface area contributed by atoms with Gasteiger partial charge in [0.2, 0.25) is 0 Å². The van der Waals surface area contributed by atoms with E-state index in [-0.39, 0.29) is 6.10 Å². The molecular weight excluding hydrogens is 379 g/mol. The van der Waals surface area contributed by atoms with Crippen LogP contribution in [-0.2, 0) is 0 Å². The number of hydrogen-bond donors (Lipinski definition) is 1. The van der Waals surface area contributed by atoms with E-state index >= 15 is 0 Å². The van der Waals surface area contributed by atoms with E-state index in [1.165, 1.54) is 25.7 Å². The van der Waals surface area contributed by atoms with Crippen molar-refractivity contribution in [3.8, 4) is 0 Å². The monoisotopic (exact) mass is 394 g/mol. The third-order valence-electron chi connectivity index (χ3n) is 3.35. The van der Waals surface area contributed by atoms with Crippen molar-refractivity contribution in [2.75, 3.05) is 0 Å². The van der Waals surface area contributed by atoms with Gasteiger partial charge in [-0.2, -0.15) is 0 Å². The van der Waals surface area contributed by atoms with Crippen LogP contribution in [0, 0.1) is 9.49 Å². The van der Waals surface area contributed by atoms with E-state index in [2.05, 4.69) is 44.6 Å². The molecule has 1 aromatic rings. The molecular formula is C13H16BrIO. The van der Waals surface area contributed by atoms with Gasteiger partial charge in [0, 0.05) is 8.04 Å². The molecule has 1 saturated carbocycles. The molecule has 1 atom stereocenters. The Balaban J connectivity index is 2.07. The molecule has 0 amide bonds. The summed E-state index contributed by atoms with van der Waals surface area (Å²) in [7, 11) is 0. The Bertz CT molecular complexity index is 361. The lowest BCUT2D eigenvalue weighted by molar-refractivity contribution is 0.144. The summed E-state index contributed by atoms with van der Waals surface area (Å²) in [6, 6.07) is 6.12. The molecule has 1 N–H and O–H groups in total. The number of rotatable bonds is 3. The zero-order chi connectivity index (χ0) is 11.5. The van der Waals surface area contributed by atoms with Gasteiger partial charge in [0.25, 0.3) is 0 Å². The number of halogens is 2. The molecule has 1 fully saturated rings. The first-order valence-corrected chi connectivity index (χ1v) is 7.67. The molecule has 0 heterocycles. The zero-order valence-electron chi connectivity index (χ0n) is 9.13. The third kappa shape index (κ3) is 3.20. The Morgan fingerprint density at radius 2 is 2.06 bits per heavy atom. The number of aliphatic hydroxyl groups excluding tert-OH is 1. The lowest BCUT2D eigenvalue weighted by atomic mass is 9.96. The molecule has 1 aromatic carbocycles. The molecule has 1 aliphatic carbocycles. The van der Waals surface area contributed by atoms with Gasteiger partial charge in [-0.1, -0.05) is 41.6 Å². The van der Waals surface area contributed by atoms with Crippen LogP contribution in [-0.4, -0.2) is 5.11 Å². The standard InChI is InChI=1S/C13H16BrIO/c14-10-5-6-12(15)11(8-10)13(16)7-9-3-1-2-4-9/h5-6,8-9,13,16H,1-4,7H2. The van der Waals surface area contributed by atoms with Crippen LogP contribution >= 0.6 is 38.5 Å². The van der Waals surface area contributed by atoms with Crippen molar-refractivity contribution >= 4 is 38.5 Å². The average Bonchev–Trinajstić information content (AvgIpc) is 2.74. The smallest absolute Gasteiger partial charge is 0.0803 e. The van der Waals surface area contributed by atoms with Crippen LogP contribution in [0.3, 0.4) is 0 Å². The summed E-state index contributed by atoms with van der Waals surface area (Å²) in [4.78, 5) is 0. The SMILES string of the molecule is OC(CC1CCCC1)c1cc(Br)ccc1I. The molecule has 0 bridgehead atoms. The first-order chi connectivity index (χ1) is 7.66. The Morgan fingerprint density at radius 3 is 2.75 bits per heavy atom. The van der Waals surface area contributed by atoms with Crippen molar-refractivity contribution < 1.29 is 5.11 Å². The molecule has 3 heteroatoms. The molecule has 0 aliphatic heterocycles. The quantitative estimate of drug-likeness (QED) is 0.738. The molecule has 88 valence electrons. The van der Waals surface area contributed by atoms with Gasteiger partial charge in [0.05, 0.1) is 6.10 Å². The van der Waals surface area contributed by atoms with Crippen LogP contribution in [0.2, 0.25) is 0 Å². The third-order valence-corrected chi connectivity index (χ3v) is 4.82. The molecule has 2 rings (SSSR count). The van der Waals surface area contributed by atoms with Crippen LogP contribution in [0.25, 0.3) is 0 Å². The number of benzene rings is 1. The normalized spacial score (nSPS) is 18.9. The second kappa shape index (κ2) is 5.83. The highest BCUT2D eigenvalue weighted by Gasteiger charge is 2.21. The highest BCUT2D eigenvalue weighted by molar-refractivity contribution is 14.1. The minimum Gasteiger partial charge on any atom is -0.388 e. The van der Waals surface area contributed by atoms with E-state index in [0.29, 0.717) is 0 Å². The lowest BCUT2D eigenvalue weighted by Gasteiger charge is -2.17. The van der Waals surface area contributed by atoms with Crippen LogP contribution in [0.5, 0.6) is 0 Å². The lowest BCUT2D eigenvalue weighted by Crippen LogP contribution is -2.06. The largest absolute Gasteiger partial charge is 0.388 e.